The zero-order valence-electron chi connectivity index (χ0n) is 12.6. The van der Waals surface area contributed by atoms with Crippen molar-refractivity contribution in [3.8, 4) is 5.75 Å². The van der Waals surface area contributed by atoms with Crippen LogP contribution in [0.25, 0.3) is 0 Å². The number of carbonyl (C=O) groups excluding carboxylic acids is 1. The summed E-state index contributed by atoms with van der Waals surface area (Å²) >= 11 is 11.9. The molecule has 1 aliphatic carbocycles. The van der Waals surface area contributed by atoms with E-state index in [0.717, 1.165) is 18.6 Å². The molecule has 0 aromatic heterocycles. The molecule has 0 aliphatic heterocycles. The summed E-state index contributed by atoms with van der Waals surface area (Å²) in [5.74, 6) is 0.449. The molecular formula is C18H17Cl2NO2. The Hall–Kier alpha value is -1.71. The minimum absolute atomic E-state index is 0.0678. The predicted octanol–water partition coefficient (Wildman–Crippen LogP) is 4.89. The highest BCUT2D eigenvalue weighted by molar-refractivity contribution is 6.35. The van der Waals surface area contributed by atoms with E-state index in [-0.39, 0.29) is 12.5 Å². The van der Waals surface area contributed by atoms with E-state index in [1.54, 1.807) is 18.2 Å². The van der Waals surface area contributed by atoms with Crippen molar-refractivity contribution in [3.05, 3.63) is 57.6 Å². The smallest absolute Gasteiger partial charge is 0.262 e. The normalized spacial score (nSPS) is 13.3. The van der Waals surface area contributed by atoms with E-state index in [9.17, 15) is 4.79 Å². The van der Waals surface area contributed by atoms with Gasteiger partial charge in [-0.1, -0.05) is 29.3 Å². The van der Waals surface area contributed by atoms with Gasteiger partial charge in [0.25, 0.3) is 5.91 Å². The Morgan fingerprint density at radius 2 is 1.83 bits per heavy atom. The van der Waals surface area contributed by atoms with Crippen LogP contribution in [0.1, 0.15) is 24.0 Å². The number of rotatable bonds is 4. The van der Waals surface area contributed by atoms with Crippen molar-refractivity contribution in [1.82, 2.24) is 0 Å². The Labute approximate surface area is 145 Å². The largest absolute Gasteiger partial charge is 0.484 e. The molecule has 0 heterocycles. The van der Waals surface area contributed by atoms with Gasteiger partial charge in [-0.15, -0.1) is 0 Å². The van der Waals surface area contributed by atoms with Gasteiger partial charge in [0.15, 0.2) is 6.61 Å². The third-order valence-corrected chi connectivity index (χ3v) is 4.46. The quantitative estimate of drug-likeness (QED) is 0.853. The Morgan fingerprint density at radius 3 is 2.65 bits per heavy atom. The van der Waals surface area contributed by atoms with Crippen molar-refractivity contribution in [2.45, 2.75) is 25.7 Å². The van der Waals surface area contributed by atoms with E-state index >= 15 is 0 Å². The van der Waals surface area contributed by atoms with Gasteiger partial charge in [0.2, 0.25) is 0 Å². The molecule has 1 N–H and O–H groups in total. The van der Waals surface area contributed by atoms with Crippen molar-refractivity contribution in [2.24, 2.45) is 0 Å². The lowest BCUT2D eigenvalue weighted by atomic mass is 9.92. The maximum absolute atomic E-state index is 12.0. The van der Waals surface area contributed by atoms with Gasteiger partial charge in [-0.2, -0.15) is 0 Å². The SMILES string of the molecule is O=C(COc1ccc2c(c1)CCCC2)Nc1cc(Cl)ccc1Cl. The molecule has 5 heteroatoms. The van der Waals surface area contributed by atoms with E-state index in [1.807, 2.05) is 12.1 Å². The molecule has 0 unspecified atom stereocenters. The van der Waals surface area contributed by atoms with Crippen molar-refractivity contribution in [2.75, 3.05) is 11.9 Å². The summed E-state index contributed by atoms with van der Waals surface area (Å²) < 4.78 is 5.59. The molecule has 0 radical (unpaired) electrons. The van der Waals surface area contributed by atoms with Gasteiger partial charge >= 0.3 is 0 Å². The number of amides is 1. The van der Waals surface area contributed by atoms with Gasteiger partial charge in [-0.05, 0) is 67.1 Å². The first kappa shape index (κ1) is 16.2. The summed E-state index contributed by atoms with van der Waals surface area (Å²) in [6.45, 7) is -0.0678. The summed E-state index contributed by atoms with van der Waals surface area (Å²) in [6, 6.07) is 11.0. The molecular weight excluding hydrogens is 333 g/mol. The molecule has 0 fully saturated rings. The average molecular weight is 350 g/mol. The Kier molecular flexibility index (Phi) is 5.09. The average Bonchev–Trinajstić information content (AvgIpc) is 2.56. The molecule has 1 aliphatic rings. The van der Waals surface area contributed by atoms with E-state index in [1.165, 1.54) is 24.0 Å². The topological polar surface area (TPSA) is 38.3 Å². The van der Waals surface area contributed by atoms with Gasteiger partial charge in [-0.3, -0.25) is 4.79 Å². The summed E-state index contributed by atoms with van der Waals surface area (Å²) in [7, 11) is 0. The molecule has 120 valence electrons. The van der Waals surface area contributed by atoms with Gasteiger partial charge in [0.1, 0.15) is 5.75 Å². The van der Waals surface area contributed by atoms with E-state index in [0.29, 0.717) is 15.7 Å². The minimum Gasteiger partial charge on any atom is -0.484 e. The third kappa shape index (κ3) is 4.18. The van der Waals surface area contributed by atoms with Crippen LogP contribution in [0.15, 0.2) is 36.4 Å². The molecule has 1 amide bonds. The van der Waals surface area contributed by atoms with Crippen molar-refractivity contribution >= 4 is 34.8 Å². The monoisotopic (exact) mass is 349 g/mol. The first-order valence-corrected chi connectivity index (χ1v) is 8.37. The van der Waals surface area contributed by atoms with Gasteiger partial charge < -0.3 is 10.1 Å². The number of halogens is 2. The lowest BCUT2D eigenvalue weighted by Gasteiger charge is -2.16. The number of benzene rings is 2. The number of carbonyl (C=O) groups is 1. The summed E-state index contributed by atoms with van der Waals surface area (Å²) in [5.41, 5.74) is 3.20. The Balaban J connectivity index is 1.59. The van der Waals surface area contributed by atoms with Crippen LogP contribution in [0.3, 0.4) is 0 Å². The second-order valence-electron chi connectivity index (χ2n) is 5.60. The zero-order valence-corrected chi connectivity index (χ0v) is 14.1. The predicted molar refractivity (Wildman–Crippen MR) is 93.7 cm³/mol. The van der Waals surface area contributed by atoms with Crippen LogP contribution in [0, 0.1) is 0 Å². The number of hydrogen-bond acceptors (Lipinski definition) is 2. The Morgan fingerprint density at radius 1 is 1.04 bits per heavy atom. The summed E-state index contributed by atoms with van der Waals surface area (Å²) in [5, 5.41) is 3.66. The van der Waals surface area contributed by atoms with Crippen LogP contribution in [0.2, 0.25) is 10.0 Å². The van der Waals surface area contributed by atoms with Crippen molar-refractivity contribution < 1.29 is 9.53 Å². The van der Waals surface area contributed by atoms with E-state index in [2.05, 4.69) is 11.4 Å². The van der Waals surface area contributed by atoms with Crippen LogP contribution in [-0.4, -0.2) is 12.5 Å². The van der Waals surface area contributed by atoms with Crippen LogP contribution >= 0.6 is 23.2 Å². The molecule has 2 aromatic rings. The summed E-state index contributed by atoms with van der Waals surface area (Å²) in [4.78, 5) is 12.0. The van der Waals surface area contributed by atoms with Crippen LogP contribution in [-0.2, 0) is 17.6 Å². The van der Waals surface area contributed by atoms with E-state index in [4.69, 9.17) is 27.9 Å². The molecule has 2 aromatic carbocycles. The van der Waals surface area contributed by atoms with Crippen molar-refractivity contribution in [1.29, 1.82) is 0 Å². The minimum atomic E-state index is -0.271. The summed E-state index contributed by atoms with van der Waals surface area (Å²) in [6.07, 6.45) is 4.67. The number of anilines is 1. The van der Waals surface area contributed by atoms with Gasteiger partial charge in [0, 0.05) is 5.02 Å². The first-order chi connectivity index (χ1) is 11.1. The van der Waals surface area contributed by atoms with Gasteiger partial charge in [-0.25, -0.2) is 0 Å². The highest BCUT2D eigenvalue weighted by atomic mass is 35.5. The highest BCUT2D eigenvalue weighted by Gasteiger charge is 2.11. The third-order valence-electron chi connectivity index (χ3n) is 3.89. The molecule has 23 heavy (non-hydrogen) atoms. The van der Waals surface area contributed by atoms with Crippen LogP contribution in [0.4, 0.5) is 5.69 Å². The lowest BCUT2D eigenvalue weighted by molar-refractivity contribution is -0.118. The standard InChI is InChI=1S/C18H17Cl2NO2/c19-14-6-8-16(20)17(10-14)21-18(22)11-23-15-7-5-12-3-1-2-4-13(12)9-15/h5-10H,1-4,11H2,(H,21,22). The lowest BCUT2D eigenvalue weighted by Crippen LogP contribution is -2.20. The first-order valence-electron chi connectivity index (χ1n) is 7.61. The fourth-order valence-corrected chi connectivity index (χ4v) is 3.06. The van der Waals surface area contributed by atoms with Crippen LogP contribution in [0.5, 0.6) is 5.75 Å². The number of fused-ring (bicyclic) bond motifs is 1. The van der Waals surface area contributed by atoms with E-state index < -0.39 is 0 Å². The number of nitrogens with one attached hydrogen (secondary N) is 1. The fraction of sp³-hybridized carbons (Fsp3) is 0.278. The molecule has 3 rings (SSSR count). The maximum atomic E-state index is 12.0. The molecule has 0 saturated carbocycles. The molecule has 0 saturated heterocycles. The molecule has 0 bridgehead atoms. The number of hydrogen-bond donors (Lipinski definition) is 1. The molecule has 0 atom stereocenters. The molecule has 3 nitrogen and oxygen atoms in total. The number of ether oxygens (including phenoxy) is 1. The van der Waals surface area contributed by atoms with Crippen molar-refractivity contribution in [3.63, 3.8) is 0 Å². The highest BCUT2D eigenvalue weighted by Crippen LogP contribution is 2.26. The molecule has 0 spiro atoms. The number of aryl methyl sites for hydroxylation is 2. The zero-order chi connectivity index (χ0) is 16.2. The fourth-order valence-electron chi connectivity index (χ4n) is 2.73. The maximum Gasteiger partial charge on any atom is 0.262 e. The van der Waals surface area contributed by atoms with Gasteiger partial charge in [0.05, 0.1) is 10.7 Å². The second kappa shape index (κ2) is 7.24. The second-order valence-corrected chi connectivity index (χ2v) is 6.44. The van der Waals surface area contributed by atoms with Crippen LogP contribution < -0.4 is 10.1 Å². The Bertz CT molecular complexity index is 731.